The third-order valence-electron chi connectivity index (χ3n) is 4.78. The van der Waals surface area contributed by atoms with E-state index in [1.807, 2.05) is 69.3 Å². The van der Waals surface area contributed by atoms with Crippen molar-refractivity contribution in [3.8, 4) is 11.4 Å². The summed E-state index contributed by atoms with van der Waals surface area (Å²) in [6.45, 7) is 6.75. The Hall–Kier alpha value is -2.32. The van der Waals surface area contributed by atoms with Gasteiger partial charge in [0.15, 0.2) is 0 Å². The van der Waals surface area contributed by atoms with Gasteiger partial charge in [-0.05, 0) is 38.5 Å². The van der Waals surface area contributed by atoms with Gasteiger partial charge < -0.3 is 14.0 Å². The van der Waals surface area contributed by atoms with E-state index in [4.69, 9.17) is 21.1 Å². The maximum atomic E-state index is 12.5. The molecule has 162 valence electrons. The quantitative estimate of drug-likeness (QED) is 0.511. The first-order valence-electron chi connectivity index (χ1n) is 9.95. The lowest BCUT2D eigenvalue weighted by atomic mass is 10.1. The van der Waals surface area contributed by atoms with E-state index in [0.29, 0.717) is 42.0 Å². The molecule has 31 heavy (non-hydrogen) atoms. The molecule has 6 nitrogen and oxygen atoms in total. The standard InChI is InChI=1S/C23H24ClN3O3S/c1-23(2,3)31(28)26-18-14-29-15-20-17(18)12-25-27(20)19-10-7-11-21(22(19)24)30-13-16-8-5-4-6-9-16/h4-12H,13-15H2,1-3H3. The molecule has 0 N–H and O–H groups in total. The second kappa shape index (κ2) is 9.04. The third kappa shape index (κ3) is 4.80. The van der Waals surface area contributed by atoms with E-state index in [2.05, 4.69) is 9.50 Å². The van der Waals surface area contributed by atoms with E-state index in [1.165, 1.54) is 0 Å². The average Bonchev–Trinajstić information content (AvgIpc) is 3.18. The van der Waals surface area contributed by atoms with Gasteiger partial charge in [-0.25, -0.2) is 4.68 Å². The van der Waals surface area contributed by atoms with Crippen molar-refractivity contribution in [2.45, 2.75) is 38.7 Å². The molecule has 1 unspecified atom stereocenters. The molecular weight excluding hydrogens is 434 g/mol. The molecule has 0 bridgehead atoms. The van der Waals surface area contributed by atoms with Crippen molar-refractivity contribution >= 4 is 28.7 Å². The predicted octanol–water partition coefficient (Wildman–Crippen LogP) is 4.89. The summed E-state index contributed by atoms with van der Waals surface area (Å²) >= 11 is 5.30. The van der Waals surface area contributed by atoms with Crippen molar-refractivity contribution in [2.75, 3.05) is 6.61 Å². The Bertz CT molecular complexity index is 1090. The zero-order valence-corrected chi connectivity index (χ0v) is 19.2. The van der Waals surface area contributed by atoms with E-state index in [0.717, 1.165) is 16.8 Å². The SMILES string of the molecule is CC(C)(C)[S+]([O-])N=C1COCc2c1cnn2-c1cccc(OCc2ccccc2)c1Cl. The minimum Gasteiger partial charge on any atom is -0.591 e. The average molecular weight is 458 g/mol. The number of fused-ring (bicyclic) bond motifs is 1. The molecule has 2 heterocycles. The molecule has 1 aromatic heterocycles. The highest BCUT2D eigenvalue weighted by Crippen LogP contribution is 2.33. The van der Waals surface area contributed by atoms with Crippen LogP contribution in [0.4, 0.5) is 0 Å². The fraction of sp³-hybridized carbons (Fsp3) is 0.304. The summed E-state index contributed by atoms with van der Waals surface area (Å²) in [5, 5.41) is 4.99. The van der Waals surface area contributed by atoms with Crippen LogP contribution < -0.4 is 4.74 Å². The second-order valence-electron chi connectivity index (χ2n) is 8.17. The van der Waals surface area contributed by atoms with Gasteiger partial charge in [0.2, 0.25) is 0 Å². The zero-order valence-electron chi connectivity index (χ0n) is 17.7. The molecule has 0 spiro atoms. The summed E-state index contributed by atoms with van der Waals surface area (Å²) in [4.78, 5) is 0. The van der Waals surface area contributed by atoms with E-state index in [9.17, 15) is 4.55 Å². The highest BCUT2D eigenvalue weighted by Gasteiger charge is 2.30. The molecule has 0 radical (unpaired) electrons. The number of hydrogen-bond acceptors (Lipinski definition) is 5. The molecule has 0 amide bonds. The molecule has 0 saturated carbocycles. The Kier molecular flexibility index (Phi) is 6.39. The van der Waals surface area contributed by atoms with Crippen LogP contribution in [-0.4, -0.2) is 31.4 Å². The number of halogens is 1. The van der Waals surface area contributed by atoms with Gasteiger partial charge in [0, 0.05) is 5.56 Å². The van der Waals surface area contributed by atoms with Gasteiger partial charge in [0.25, 0.3) is 0 Å². The van der Waals surface area contributed by atoms with E-state index >= 15 is 0 Å². The molecule has 4 rings (SSSR count). The van der Waals surface area contributed by atoms with Crippen LogP contribution in [0, 0.1) is 0 Å². The summed E-state index contributed by atoms with van der Waals surface area (Å²) in [5.41, 5.74) is 4.03. The lowest BCUT2D eigenvalue weighted by Gasteiger charge is -2.21. The van der Waals surface area contributed by atoms with Crippen LogP contribution >= 0.6 is 11.6 Å². The molecular formula is C23H24ClN3O3S. The Morgan fingerprint density at radius 1 is 1.16 bits per heavy atom. The zero-order chi connectivity index (χ0) is 22.0. The van der Waals surface area contributed by atoms with Gasteiger partial charge >= 0.3 is 0 Å². The predicted molar refractivity (Wildman–Crippen MR) is 123 cm³/mol. The van der Waals surface area contributed by atoms with Crippen LogP contribution in [0.15, 0.2) is 59.1 Å². The molecule has 1 aliphatic heterocycles. The molecule has 0 saturated heterocycles. The van der Waals surface area contributed by atoms with Crippen LogP contribution in [0.25, 0.3) is 5.69 Å². The Morgan fingerprint density at radius 3 is 2.68 bits per heavy atom. The van der Waals surface area contributed by atoms with Crippen LogP contribution in [0.1, 0.15) is 37.6 Å². The minimum absolute atomic E-state index is 0.300. The first-order chi connectivity index (χ1) is 14.8. The number of ether oxygens (including phenoxy) is 2. The summed E-state index contributed by atoms with van der Waals surface area (Å²) in [5.74, 6) is 0.576. The number of rotatable bonds is 5. The van der Waals surface area contributed by atoms with E-state index < -0.39 is 16.1 Å². The van der Waals surface area contributed by atoms with Crippen molar-refractivity contribution in [2.24, 2.45) is 4.40 Å². The summed E-state index contributed by atoms with van der Waals surface area (Å²) in [6.07, 6.45) is 1.73. The Balaban J connectivity index is 1.64. The number of aromatic nitrogens is 2. The molecule has 0 fully saturated rings. The lowest BCUT2D eigenvalue weighted by Crippen LogP contribution is -2.29. The maximum Gasteiger partial charge on any atom is 0.144 e. The smallest absolute Gasteiger partial charge is 0.144 e. The Labute approximate surface area is 190 Å². The molecule has 1 aliphatic rings. The fourth-order valence-corrected chi connectivity index (χ4v) is 3.99. The highest BCUT2D eigenvalue weighted by atomic mass is 35.5. The second-order valence-corrected chi connectivity index (χ2v) is 10.5. The van der Waals surface area contributed by atoms with Crippen LogP contribution in [0.5, 0.6) is 5.75 Å². The monoisotopic (exact) mass is 457 g/mol. The summed E-state index contributed by atoms with van der Waals surface area (Å²) in [6, 6.07) is 15.5. The van der Waals surface area contributed by atoms with Crippen LogP contribution in [0.3, 0.4) is 0 Å². The molecule has 1 atom stereocenters. The van der Waals surface area contributed by atoms with Crippen molar-refractivity contribution in [1.82, 2.24) is 9.78 Å². The summed E-state index contributed by atoms with van der Waals surface area (Å²) < 4.78 is 29.9. The van der Waals surface area contributed by atoms with Crippen molar-refractivity contribution in [1.29, 1.82) is 0 Å². The van der Waals surface area contributed by atoms with Gasteiger partial charge in [-0.3, -0.25) is 0 Å². The van der Waals surface area contributed by atoms with Gasteiger partial charge in [-0.15, -0.1) is 0 Å². The lowest BCUT2D eigenvalue weighted by molar-refractivity contribution is 0.147. The number of nitrogens with zero attached hydrogens (tertiary/aromatic N) is 3. The first kappa shape index (κ1) is 21.9. The van der Waals surface area contributed by atoms with Gasteiger partial charge in [-0.2, -0.15) is 5.10 Å². The topological polar surface area (TPSA) is 71.7 Å². The summed E-state index contributed by atoms with van der Waals surface area (Å²) in [7, 11) is 0. The molecule has 3 aromatic rings. The van der Waals surface area contributed by atoms with Gasteiger partial charge in [0.05, 0.1) is 30.8 Å². The highest BCUT2D eigenvalue weighted by molar-refractivity contribution is 7.91. The van der Waals surface area contributed by atoms with Gasteiger partial charge in [-0.1, -0.05) is 52.4 Å². The van der Waals surface area contributed by atoms with Gasteiger partial charge in [0.1, 0.15) is 39.2 Å². The third-order valence-corrected chi connectivity index (χ3v) is 6.60. The van der Waals surface area contributed by atoms with Crippen molar-refractivity contribution in [3.63, 3.8) is 0 Å². The number of hydrogen-bond donors (Lipinski definition) is 0. The maximum absolute atomic E-state index is 12.5. The fourth-order valence-electron chi connectivity index (χ4n) is 3.11. The van der Waals surface area contributed by atoms with Crippen LogP contribution in [-0.2, 0) is 29.3 Å². The largest absolute Gasteiger partial charge is 0.591 e. The van der Waals surface area contributed by atoms with Crippen LogP contribution in [0.2, 0.25) is 5.02 Å². The molecule has 2 aromatic carbocycles. The van der Waals surface area contributed by atoms with Crippen molar-refractivity contribution in [3.05, 3.63) is 76.6 Å². The van der Waals surface area contributed by atoms with E-state index in [-0.39, 0.29) is 0 Å². The van der Waals surface area contributed by atoms with E-state index in [1.54, 1.807) is 10.9 Å². The number of benzene rings is 2. The normalized spacial score (nSPS) is 16.2. The Morgan fingerprint density at radius 2 is 1.94 bits per heavy atom. The minimum atomic E-state index is -1.38. The first-order valence-corrected chi connectivity index (χ1v) is 11.4. The molecule has 0 aliphatic carbocycles. The van der Waals surface area contributed by atoms with Crippen molar-refractivity contribution < 1.29 is 14.0 Å². The molecule has 8 heteroatoms.